The third kappa shape index (κ3) is 6.12. The number of hydrogen-bond acceptors (Lipinski definition) is 4. The molecule has 2 aromatic rings. The van der Waals surface area contributed by atoms with Crippen LogP contribution in [0.2, 0.25) is 5.02 Å². The Kier molecular flexibility index (Phi) is 7.42. The molecule has 0 saturated carbocycles. The maximum atomic E-state index is 12.6. The summed E-state index contributed by atoms with van der Waals surface area (Å²) < 4.78 is 30.7. The summed E-state index contributed by atoms with van der Waals surface area (Å²) in [5.74, 6) is 0.00501. The van der Waals surface area contributed by atoms with Gasteiger partial charge in [-0.3, -0.25) is 9.10 Å². The molecule has 0 bridgehead atoms. The van der Waals surface area contributed by atoms with Crippen molar-refractivity contribution in [2.24, 2.45) is 0 Å². The highest BCUT2D eigenvalue weighted by Crippen LogP contribution is 2.30. The number of hydrogen-bond donors (Lipinski definition) is 1. The molecular formula is C22H29ClN2O4S. The molecule has 0 aliphatic rings. The normalized spacial score (nSPS) is 12.9. The van der Waals surface area contributed by atoms with Gasteiger partial charge in [0.15, 0.2) is 0 Å². The standard InChI is InChI=1S/C22H29ClN2O4S/c1-15(16-7-9-17(10-8-16)22(2,3)4)24-21(26)14-25(30(6,27)28)18-11-12-20(29-5)19(23)13-18/h7-13,15H,14H2,1-6H3,(H,24,26)/t15-/m1/s1. The van der Waals surface area contributed by atoms with Gasteiger partial charge in [-0.25, -0.2) is 8.42 Å². The molecule has 30 heavy (non-hydrogen) atoms. The molecule has 2 rings (SSSR count). The van der Waals surface area contributed by atoms with Crippen molar-refractivity contribution in [1.29, 1.82) is 0 Å². The number of rotatable bonds is 7. The van der Waals surface area contributed by atoms with Gasteiger partial charge in [0.05, 0.1) is 30.1 Å². The van der Waals surface area contributed by atoms with Gasteiger partial charge < -0.3 is 10.1 Å². The van der Waals surface area contributed by atoms with Gasteiger partial charge in [-0.15, -0.1) is 0 Å². The van der Waals surface area contributed by atoms with Crippen molar-refractivity contribution in [2.75, 3.05) is 24.2 Å². The number of carbonyl (C=O) groups is 1. The summed E-state index contributed by atoms with van der Waals surface area (Å²) in [5, 5.41) is 3.12. The molecule has 0 aliphatic heterocycles. The van der Waals surface area contributed by atoms with Gasteiger partial charge in [0, 0.05) is 0 Å². The quantitative estimate of drug-likeness (QED) is 0.679. The van der Waals surface area contributed by atoms with Crippen molar-refractivity contribution < 1.29 is 17.9 Å². The average molecular weight is 453 g/mol. The number of nitrogens with one attached hydrogen (secondary N) is 1. The number of methoxy groups -OCH3 is 1. The Balaban J connectivity index is 2.15. The van der Waals surface area contributed by atoms with Crippen LogP contribution in [-0.2, 0) is 20.2 Å². The van der Waals surface area contributed by atoms with Gasteiger partial charge in [0.25, 0.3) is 0 Å². The largest absolute Gasteiger partial charge is 0.495 e. The number of ether oxygens (including phenoxy) is 1. The van der Waals surface area contributed by atoms with E-state index in [1.165, 1.54) is 18.7 Å². The second kappa shape index (κ2) is 9.27. The number of anilines is 1. The van der Waals surface area contributed by atoms with Crippen LogP contribution < -0.4 is 14.4 Å². The van der Waals surface area contributed by atoms with Crippen molar-refractivity contribution in [2.45, 2.75) is 39.2 Å². The van der Waals surface area contributed by atoms with E-state index in [4.69, 9.17) is 16.3 Å². The molecule has 8 heteroatoms. The molecule has 0 heterocycles. The molecule has 0 fully saturated rings. The number of benzene rings is 2. The molecule has 164 valence electrons. The monoisotopic (exact) mass is 452 g/mol. The van der Waals surface area contributed by atoms with E-state index in [0.29, 0.717) is 11.4 Å². The van der Waals surface area contributed by atoms with E-state index in [2.05, 4.69) is 26.1 Å². The molecule has 0 radical (unpaired) electrons. The topological polar surface area (TPSA) is 75.7 Å². The molecule has 1 amide bonds. The summed E-state index contributed by atoms with van der Waals surface area (Å²) in [6.45, 7) is 7.92. The first-order valence-corrected chi connectivity index (χ1v) is 11.8. The predicted molar refractivity (Wildman–Crippen MR) is 122 cm³/mol. The lowest BCUT2D eigenvalue weighted by Crippen LogP contribution is -2.41. The minimum atomic E-state index is -3.70. The SMILES string of the molecule is COc1ccc(N(CC(=O)N[C@H](C)c2ccc(C(C)(C)C)cc2)S(C)(=O)=O)cc1Cl. The lowest BCUT2D eigenvalue weighted by Gasteiger charge is -2.24. The Morgan fingerprint density at radius 1 is 1.17 bits per heavy atom. The lowest BCUT2D eigenvalue weighted by molar-refractivity contribution is -0.120. The summed E-state index contributed by atoms with van der Waals surface area (Å²) in [7, 11) is -2.23. The number of nitrogens with zero attached hydrogens (tertiary/aromatic N) is 1. The molecule has 0 aromatic heterocycles. The fourth-order valence-corrected chi connectivity index (χ4v) is 4.08. The number of halogens is 1. The van der Waals surface area contributed by atoms with E-state index < -0.39 is 15.9 Å². The Morgan fingerprint density at radius 3 is 2.23 bits per heavy atom. The zero-order valence-electron chi connectivity index (χ0n) is 18.2. The van der Waals surface area contributed by atoms with Gasteiger partial charge in [0.1, 0.15) is 12.3 Å². The summed E-state index contributed by atoms with van der Waals surface area (Å²) in [4.78, 5) is 12.6. The number of sulfonamides is 1. The highest BCUT2D eigenvalue weighted by Gasteiger charge is 2.23. The van der Waals surface area contributed by atoms with Gasteiger partial charge in [-0.05, 0) is 41.7 Å². The third-order valence-electron chi connectivity index (χ3n) is 4.77. The highest BCUT2D eigenvalue weighted by molar-refractivity contribution is 7.92. The molecule has 6 nitrogen and oxygen atoms in total. The Morgan fingerprint density at radius 2 is 1.77 bits per heavy atom. The molecule has 1 atom stereocenters. The molecule has 0 unspecified atom stereocenters. The van der Waals surface area contributed by atoms with Crippen LogP contribution in [0.4, 0.5) is 5.69 Å². The fourth-order valence-electron chi connectivity index (χ4n) is 2.98. The first-order chi connectivity index (χ1) is 13.8. The van der Waals surface area contributed by atoms with Gasteiger partial charge in [-0.2, -0.15) is 0 Å². The van der Waals surface area contributed by atoms with E-state index in [1.54, 1.807) is 12.1 Å². The Bertz CT molecular complexity index is 999. The zero-order chi connectivity index (χ0) is 22.7. The summed E-state index contributed by atoms with van der Waals surface area (Å²) in [6, 6.07) is 12.3. The smallest absolute Gasteiger partial charge is 0.241 e. The van der Waals surface area contributed by atoms with Gasteiger partial charge >= 0.3 is 0 Å². The fraction of sp³-hybridized carbons (Fsp3) is 0.409. The molecule has 0 saturated heterocycles. The Labute approximate surface area is 184 Å². The minimum Gasteiger partial charge on any atom is -0.495 e. The van der Waals surface area contributed by atoms with E-state index in [1.807, 2.05) is 31.2 Å². The predicted octanol–water partition coefficient (Wildman–Crippen LogP) is 4.29. The number of carbonyl (C=O) groups excluding carboxylic acids is 1. The summed E-state index contributed by atoms with van der Waals surface area (Å²) >= 11 is 6.12. The zero-order valence-corrected chi connectivity index (χ0v) is 19.8. The van der Waals surface area contributed by atoms with Crippen molar-refractivity contribution in [3.63, 3.8) is 0 Å². The van der Waals surface area contributed by atoms with E-state index in [0.717, 1.165) is 16.1 Å². The van der Waals surface area contributed by atoms with Crippen LogP contribution in [0.3, 0.4) is 0 Å². The van der Waals surface area contributed by atoms with Crippen LogP contribution in [0.25, 0.3) is 0 Å². The van der Waals surface area contributed by atoms with Crippen LogP contribution in [0.1, 0.15) is 44.9 Å². The Hall–Kier alpha value is -2.25. The average Bonchev–Trinajstić information content (AvgIpc) is 2.64. The molecule has 1 N–H and O–H groups in total. The van der Waals surface area contributed by atoms with Crippen molar-refractivity contribution >= 4 is 33.2 Å². The van der Waals surface area contributed by atoms with Crippen LogP contribution in [0.15, 0.2) is 42.5 Å². The molecular weight excluding hydrogens is 424 g/mol. The molecule has 2 aromatic carbocycles. The second-order valence-corrected chi connectivity index (χ2v) is 10.6. The number of amides is 1. The second-order valence-electron chi connectivity index (χ2n) is 8.25. The molecule has 0 aliphatic carbocycles. The summed E-state index contributed by atoms with van der Waals surface area (Å²) in [6.07, 6.45) is 1.05. The third-order valence-corrected chi connectivity index (χ3v) is 6.20. The van der Waals surface area contributed by atoms with Gasteiger partial charge in [-0.1, -0.05) is 56.6 Å². The van der Waals surface area contributed by atoms with E-state index >= 15 is 0 Å². The van der Waals surface area contributed by atoms with Gasteiger partial charge in [0.2, 0.25) is 15.9 Å². The van der Waals surface area contributed by atoms with E-state index in [9.17, 15) is 13.2 Å². The van der Waals surface area contributed by atoms with Crippen LogP contribution in [0, 0.1) is 0 Å². The molecule has 0 spiro atoms. The van der Waals surface area contributed by atoms with Crippen molar-refractivity contribution in [3.8, 4) is 5.75 Å². The highest BCUT2D eigenvalue weighted by atomic mass is 35.5. The van der Waals surface area contributed by atoms with Crippen molar-refractivity contribution in [1.82, 2.24) is 5.32 Å². The summed E-state index contributed by atoms with van der Waals surface area (Å²) in [5.41, 5.74) is 2.47. The first-order valence-electron chi connectivity index (χ1n) is 9.54. The van der Waals surface area contributed by atoms with Crippen LogP contribution in [0.5, 0.6) is 5.75 Å². The lowest BCUT2D eigenvalue weighted by atomic mass is 9.86. The maximum absolute atomic E-state index is 12.6. The first kappa shape index (κ1) is 24.0. The van der Waals surface area contributed by atoms with Crippen LogP contribution in [-0.4, -0.2) is 34.2 Å². The maximum Gasteiger partial charge on any atom is 0.241 e. The minimum absolute atomic E-state index is 0.0423. The van der Waals surface area contributed by atoms with Crippen LogP contribution >= 0.6 is 11.6 Å². The van der Waals surface area contributed by atoms with Crippen molar-refractivity contribution in [3.05, 3.63) is 58.6 Å². The van der Waals surface area contributed by atoms with E-state index in [-0.39, 0.29) is 23.0 Å².